The maximum Gasteiger partial charge on any atom is 0.227 e. The van der Waals surface area contributed by atoms with E-state index in [1.54, 1.807) is 29.9 Å². The fourth-order valence-corrected chi connectivity index (χ4v) is 5.85. The van der Waals surface area contributed by atoms with Gasteiger partial charge in [0.15, 0.2) is 11.5 Å². The van der Waals surface area contributed by atoms with E-state index >= 15 is 0 Å². The van der Waals surface area contributed by atoms with Gasteiger partial charge in [0, 0.05) is 23.9 Å². The van der Waals surface area contributed by atoms with E-state index in [1.807, 2.05) is 41.8 Å². The molecule has 3 N–H and O–H groups in total. The van der Waals surface area contributed by atoms with Crippen LogP contribution in [0.15, 0.2) is 60.4 Å². The van der Waals surface area contributed by atoms with Crippen molar-refractivity contribution in [2.24, 2.45) is 5.92 Å². The highest BCUT2D eigenvalue weighted by molar-refractivity contribution is 7.13. The maximum absolute atomic E-state index is 12.7. The minimum Gasteiger partial charge on any atom is -0.336 e. The van der Waals surface area contributed by atoms with Gasteiger partial charge >= 0.3 is 0 Å². The SMILES string of the molecule is O=C(Nc1cncc(-c2ccc3[nH]nc(-c4nc5c(-c6cccs6)nccc5[nH]4)c3n2)c1)C1CCCCC1. The lowest BCUT2D eigenvalue weighted by molar-refractivity contribution is -0.120. The summed E-state index contributed by atoms with van der Waals surface area (Å²) in [6, 6.07) is 11.7. The number of thiophene rings is 1. The molecular weight excluding hydrogens is 496 g/mol. The number of hydrogen-bond acceptors (Lipinski definition) is 7. The van der Waals surface area contributed by atoms with Crippen molar-refractivity contribution in [2.75, 3.05) is 5.32 Å². The van der Waals surface area contributed by atoms with Crippen LogP contribution in [0.2, 0.25) is 0 Å². The highest BCUT2D eigenvalue weighted by atomic mass is 32.1. The molecule has 0 saturated heterocycles. The molecule has 38 heavy (non-hydrogen) atoms. The molecule has 9 nitrogen and oxygen atoms in total. The molecule has 10 heteroatoms. The third kappa shape index (κ3) is 4.12. The van der Waals surface area contributed by atoms with Gasteiger partial charge < -0.3 is 10.3 Å². The number of rotatable bonds is 5. The summed E-state index contributed by atoms with van der Waals surface area (Å²) in [5.41, 5.74) is 6.88. The lowest BCUT2D eigenvalue weighted by Crippen LogP contribution is -2.24. The number of anilines is 1. The van der Waals surface area contributed by atoms with Crippen molar-refractivity contribution in [1.29, 1.82) is 0 Å². The first-order chi connectivity index (χ1) is 18.7. The number of amides is 1. The number of carbonyl (C=O) groups excluding carboxylic acids is 1. The van der Waals surface area contributed by atoms with Crippen molar-refractivity contribution in [1.82, 2.24) is 35.1 Å². The summed E-state index contributed by atoms with van der Waals surface area (Å²) in [6.45, 7) is 0. The predicted molar refractivity (Wildman–Crippen MR) is 149 cm³/mol. The Bertz CT molecular complexity index is 1760. The van der Waals surface area contributed by atoms with Crippen LogP contribution in [0.1, 0.15) is 32.1 Å². The van der Waals surface area contributed by atoms with Crippen molar-refractivity contribution in [3.8, 4) is 33.3 Å². The molecule has 6 aromatic heterocycles. The second kappa shape index (κ2) is 9.46. The third-order valence-corrected chi connectivity index (χ3v) is 7.94. The van der Waals surface area contributed by atoms with Gasteiger partial charge in [-0.05, 0) is 48.6 Å². The molecule has 1 amide bonds. The molecule has 0 aromatic carbocycles. The van der Waals surface area contributed by atoms with E-state index in [4.69, 9.17) is 9.97 Å². The summed E-state index contributed by atoms with van der Waals surface area (Å²) in [5.74, 6) is 0.772. The number of pyridine rings is 3. The molecule has 1 aliphatic rings. The van der Waals surface area contributed by atoms with Crippen molar-refractivity contribution in [3.63, 3.8) is 0 Å². The Labute approximate surface area is 221 Å². The van der Waals surface area contributed by atoms with Crippen LogP contribution < -0.4 is 5.32 Å². The standard InChI is InChI=1S/C28H24N8OS/c37-28(16-5-2-1-3-6-16)31-18-13-17(14-29-15-18)19-8-9-21-24(32-19)26(36-35-21)27-33-20-10-11-30-25(23(20)34-27)22-7-4-12-38-22/h4,7-16H,1-3,5-6H2,(H,31,37)(H,33,34)(H,35,36). The third-order valence-electron chi connectivity index (χ3n) is 7.07. The molecule has 1 fully saturated rings. The Morgan fingerprint density at radius 2 is 1.87 bits per heavy atom. The number of nitrogens with one attached hydrogen (secondary N) is 3. The van der Waals surface area contributed by atoms with Gasteiger partial charge in [0.05, 0.1) is 33.5 Å². The lowest BCUT2D eigenvalue weighted by Gasteiger charge is -2.20. The van der Waals surface area contributed by atoms with E-state index in [0.29, 0.717) is 22.7 Å². The number of H-pyrrole nitrogens is 2. The number of aromatic amines is 2. The Hall–Kier alpha value is -4.44. The van der Waals surface area contributed by atoms with Gasteiger partial charge in [-0.25, -0.2) is 9.97 Å². The van der Waals surface area contributed by atoms with Crippen LogP contribution in [-0.2, 0) is 4.79 Å². The van der Waals surface area contributed by atoms with Crippen LogP contribution in [0.3, 0.4) is 0 Å². The normalized spacial score (nSPS) is 14.3. The summed E-state index contributed by atoms with van der Waals surface area (Å²) < 4.78 is 0. The largest absolute Gasteiger partial charge is 0.336 e. The van der Waals surface area contributed by atoms with E-state index in [1.165, 1.54) is 6.42 Å². The van der Waals surface area contributed by atoms with Gasteiger partial charge in [-0.3, -0.25) is 19.9 Å². The van der Waals surface area contributed by atoms with Gasteiger partial charge in [-0.15, -0.1) is 11.3 Å². The van der Waals surface area contributed by atoms with Crippen molar-refractivity contribution < 1.29 is 4.79 Å². The maximum atomic E-state index is 12.7. The van der Waals surface area contributed by atoms with Crippen LogP contribution in [0.5, 0.6) is 0 Å². The molecule has 6 heterocycles. The van der Waals surface area contributed by atoms with Crippen molar-refractivity contribution >= 4 is 45.0 Å². The van der Waals surface area contributed by atoms with Crippen LogP contribution in [0.25, 0.3) is 55.4 Å². The van der Waals surface area contributed by atoms with E-state index in [2.05, 4.69) is 30.5 Å². The second-order valence-electron chi connectivity index (χ2n) is 9.57. The highest BCUT2D eigenvalue weighted by Crippen LogP contribution is 2.32. The van der Waals surface area contributed by atoms with Gasteiger partial charge in [-0.1, -0.05) is 25.3 Å². The Morgan fingerprint density at radius 1 is 0.974 bits per heavy atom. The molecule has 6 aromatic rings. The fraction of sp³-hybridized carbons (Fsp3) is 0.214. The van der Waals surface area contributed by atoms with Gasteiger partial charge in [0.1, 0.15) is 16.7 Å². The zero-order valence-corrected chi connectivity index (χ0v) is 21.3. The Balaban J connectivity index is 1.23. The molecule has 7 rings (SSSR count). The molecule has 188 valence electrons. The van der Waals surface area contributed by atoms with E-state index in [0.717, 1.165) is 64.1 Å². The highest BCUT2D eigenvalue weighted by Gasteiger charge is 2.22. The number of hydrogen-bond donors (Lipinski definition) is 3. The van der Waals surface area contributed by atoms with Crippen LogP contribution in [0, 0.1) is 5.92 Å². The van der Waals surface area contributed by atoms with Crippen LogP contribution in [0.4, 0.5) is 5.69 Å². The zero-order chi connectivity index (χ0) is 25.5. The summed E-state index contributed by atoms with van der Waals surface area (Å²) in [7, 11) is 0. The van der Waals surface area contributed by atoms with E-state index in [9.17, 15) is 4.79 Å². The number of nitrogens with zero attached hydrogens (tertiary/aromatic N) is 5. The molecular formula is C28H24N8OS. The topological polar surface area (TPSA) is 125 Å². The molecule has 0 radical (unpaired) electrons. The molecule has 0 bridgehead atoms. The molecule has 0 unspecified atom stereocenters. The molecule has 0 atom stereocenters. The van der Waals surface area contributed by atoms with Crippen molar-refractivity contribution in [3.05, 3.63) is 60.4 Å². The summed E-state index contributed by atoms with van der Waals surface area (Å²) in [5, 5.41) is 12.7. The minimum atomic E-state index is 0.0745. The molecule has 1 saturated carbocycles. The quantitative estimate of drug-likeness (QED) is 0.248. The van der Waals surface area contributed by atoms with Crippen LogP contribution >= 0.6 is 11.3 Å². The molecule has 0 aliphatic heterocycles. The molecule has 1 aliphatic carbocycles. The van der Waals surface area contributed by atoms with Crippen molar-refractivity contribution in [2.45, 2.75) is 32.1 Å². The minimum absolute atomic E-state index is 0.0745. The second-order valence-corrected chi connectivity index (χ2v) is 10.5. The monoisotopic (exact) mass is 520 g/mol. The Morgan fingerprint density at radius 3 is 2.74 bits per heavy atom. The van der Waals surface area contributed by atoms with Gasteiger partial charge in [-0.2, -0.15) is 5.10 Å². The van der Waals surface area contributed by atoms with Gasteiger partial charge in [0.25, 0.3) is 0 Å². The zero-order valence-electron chi connectivity index (χ0n) is 20.4. The predicted octanol–water partition coefficient (Wildman–Crippen LogP) is 6.21. The smallest absolute Gasteiger partial charge is 0.227 e. The van der Waals surface area contributed by atoms with Crippen LogP contribution in [-0.4, -0.2) is 41.0 Å². The average Bonchev–Trinajstić information content (AvgIpc) is 3.73. The lowest BCUT2D eigenvalue weighted by atomic mass is 9.88. The first-order valence-corrected chi connectivity index (χ1v) is 13.6. The molecule has 0 spiro atoms. The summed E-state index contributed by atoms with van der Waals surface area (Å²) >= 11 is 1.63. The average molecular weight is 521 g/mol. The summed E-state index contributed by atoms with van der Waals surface area (Å²) in [4.78, 5) is 35.9. The van der Waals surface area contributed by atoms with E-state index in [-0.39, 0.29) is 11.8 Å². The summed E-state index contributed by atoms with van der Waals surface area (Å²) in [6.07, 6.45) is 10.6. The number of aromatic nitrogens is 7. The van der Waals surface area contributed by atoms with Gasteiger partial charge in [0.2, 0.25) is 5.91 Å². The number of fused-ring (bicyclic) bond motifs is 2. The van der Waals surface area contributed by atoms with E-state index < -0.39 is 0 Å². The number of imidazole rings is 1. The number of carbonyl (C=O) groups is 1. The first-order valence-electron chi connectivity index (χ1n) is 12.7. The fourth-order valence-electron chi connectivity index (χ4n) is 5.12. The Kier molecular flexibility index (Phi) is 5.66. The first kappa shape index (κ1) is 22.7.